The van der Waals surface area contributed by atoms with E-state index in [0.717, 1.165) is 28.9 Å². The predicted molar refractivity (Wildman–Crippen MR) is 111 cm³/mol. The van der Waals surface area contributed by atoms with Crippen LogP contribution in [-0.4, -0.2) is 50.1 Å². The average Bonchev–Trinajstić information content (AvgIpc) is 2.76. The third-order valence-electron chi connectivity index (χ3n) is 5.17. The largest absolute Gasteiger partial charge is 0.452 e. The number of ether oxygens (including phenoxy) is 1. The molecule has 5 nitrogen and oxygen atoms in total. The van der Waals surface area contributed by atoms with E-state index in [9.17, 15) is 9.59 Å². The van der Waals surface area contributed by atoms with Crippen molar-refractivity contribution in [3.8, 4) is 0 Å². The highest BCUT2D eigenvalue weighted by atomic mass is 16.5. The van der Waals surface area contributed by atoms with E-state index < -0.39 is 12.1 Å². The highest BCUT2D eigenvalue weighted by Gasteiger charge is 2.39. The molecule has 1 amide bonds. The van der Waals surface area contributed by atoms with Crippen LogP contribution in [0.3, 0.4) is 0 Å². The van der Waals surface area contributed by atoms with Crippen molar-refractivity contribution in [2.75, 3.05) is 32.1 Å². The molecule has 2 atom stereocenters. The van der Waals surface area contributed by atoms with E-state index in [0.29, 0.717) is 13.0 Å². The van der Waals surface area contributed by atoms with E-state index in [-0.39, 0.29) is 11.8 Å². The highest BCUT2D eigenvalue weighted by Crippen LogP contribution is 2.36. The summed E-state index contributed by atoms with van der Waals surface area (Å²) >= 11 is 0. The van der Waals surface area contributed by atoms with Crippen LogP contribution in [0.1, 0.15) is 29.5 Å². The number of nitrogens with zero attached hydrogens (tertiary/aromatic N) is 2. The van der Waals surface area contributed by atoms with Crippen LogP contribution in [0.4, 0.5) is 5.69 Å². The molecule has 2 unspecified atom stereocenters. The Morgan fingerprint density at radius 1 is 1.14 bits per heavy atom. The van der Waals surface area contributed by atoms with Crippen LogP contribution in [0.5, 0.6) is 0 Å². The summed E-state index contributed by atoms with van der Waals surface area (Å²) in [6.45, 7) is 4.66. The number of esters is 1. The van der Waals surface area contributed by atoms with Crippen LogP contribution in [0.25, 0.3) is 0 Å². The number of para-hydroxylation sites is 1. The Morgan fingerprint density at radius 3 is 2.46 bits per heavy atom. The first-order chi connectivity index (χ1) is 13.4. The van der Waals surface area contributed by atoms with Crippen molar-refractivity contribution in [2.24, 2.45) is 0 Å². The van der Waals surface area contributed by atoms with Gasteiger partial charge in [0, 0.05) is 31.6 Å². The van der Waals surface area contributed by atoms with E-state index in [2.05, 4.69) is 6.07 Å². The number of fused-ring (bicyclic) bond motifs is 1. The van der Waals surface area contributed by atoms with E-state index in [1.807, 2.05) is 68.4 Å². The fraction of sp³-hybridized carbons (Fsp3) is 0.391. The molecule has 0 saturated heterocycles. The predicted octanol–water partition coefficient (Wildman–Crippen LogP) is 3.16. The highest BCUT2D eigenvalue weighted by molar-refractivity contribution is 5.99. The molecular formula is C23H28N2O3. The zero-order chi connectivity index (χ0) is 20.3. The van der Waals surface area contributed by atoms with Gasteiger partial charge >= 0.3 is 5.97 Å². The van der Waals surface area contributed by atoms with Gasteiger partial charge in [-0.1, -0.05) is 48.0 Å². The molecule has 1 heterocycles. The number of carbonyl (C=O) groups is 2. The minimum absolute atomic E-state index is 0.160. The maximum Gasteiger partial charge on any atom is 0.303 e. The lowest BCUT2D eigenvalue weighted by molar-refractivity contribution is -0.154. The van der Waals surface area contributed by atoms with E-state index in [1.54, 1.807) is 4.90 Å². The summed E-state index contributed by atoms with van der Waals surface area (Å²) in [5, 5.41) is 0. The lowest BCUT2D eigenvalue weighted by Crippen LogP contribution is -2.45. The molecule has 0 radical (unpaired) electrons. The van der Waals surface area contributed by atoms with E-state index in [1.165, 1.54) is 6.92 Å². The molecule has 5 heteroatoms. The summed E-state index contributed by atoms with van der Waals surface area (Å²) in [7, 11) is 3.96. The molecule has 0 fully saturated rings. The van der Waals surface area contributed by atoms with Crippen molar-refractivity contribution in [3.05, 3.63) is 65.2 Å². The number of hydrogen-bond acceptors (Lipinski definition) is 4. The second-order valence-electron chi connectivity index (χ2n) is 7.67. The molecule has 2 aromatic carbocycles. The summed E-state index contributed by atoms with van der Waals surface area (Å²) in [6.07, 6.45) is -0.198. The SMILES string of the molecule is CC(=O)OC1C(=O)N(CCN(C)C)c2ccccc2CC1c1ccc(C)cc1. The van der Waals surface area contributed by atoms with Gasteiger partial charge in [0.1, 0.15) is 0 Å². The molecule has 148 valence electrons. The zero-order valence-electron chi connectivity index (χ0n) is 17.0. The average molecular weight is 380 g/mol. The maximum absolute atomic E-state index is 13.5. The summed E-state index contributed by atoms with van der Waals surface area (Å²) in [4.78, 5) is 29.2. The van der Waals surface area contributed by atoms with Gasteiger partial charge in [-0.05, 0) is 44.6 Å². The van der Waals surface area contributed by atoms with Gasteiger partial charge in [0.05, 0.1) is 0 Å². The van der Waals surface area contributed by atoms with Crippen LogP contribution >= 0.6 is 0 Å². The molecule has 2 aromatic rings. The van der Waals surface area contributed by atoms with Crippen molar-refractivity contribution >= 4 is 17.6 Å². The summed E-state index contributed by atoms with van der Waals surface area (Å²) in [5.41, 5.74) is 4.16. The molecule has 1 aliphatic heterocycles. The summed E-state index contributed by atoms with van der Waals surface area (Å²) in [6, 6.07) is 16.1. The van der Waals surface area contributed by atoms with Crippen molar-refractivity contribution in [1.29, 1.82) is 0 Å². The zero-order valence-corrected chi connectivity index (χ0v) is 17.0. The van der Waals surface area contributed by atoms with Crippen molar-refractivity contribution in [2.45, 2.75) is 32.3 Å². The lowest BCUT2D eigenvalue weighted by atomic mass is 9.87. The minimum atomic E-state index is -0.838. The van der Waals surface area contributed by atoms with E-state index >= 15 is 0 Å². The Bertz CT molecular complexity index is 845. The first-order valence-corrected chi connectivity index (χ1v) is 9.64. The van der Waals surface area contributed by atoms with Gasteiger partial charge in [-0.15, -0.1) is 0 Å². The van der Waals surface area contributed by atoms with Crippen LogP contribution < -0.4 is 4.90 Å². The van der Waals surface area contributed by atoms with Gasteiger partial charge in [-0.2, -0.15) is 0 Å². The van der Waals surface area contributed by atoms with Crippen LogP contribution in [-0.2, 0) is 20.7 Å². The van der Waals surface area contributed by atoms with Gasteiger partial charge in [-0.3, -0.25) is 9.59 Å². The van der Waals surface area contributed by atoms with Gasteiger partial charge in [-0.25, -0.2) is 0 Å². The number of carbonyl (C=O) groups excluding carboxylic acids is 2. The normalized spacial score (nSPS) is 19.3. The fourth-order valence-electron chi connectivity index (χ4n) is 3.68. The minimum Gasteiger partial charge on any atom is -0.452 e. The van der Waals surface area contributed by atoms with Crippen molar-refractivity contribution < 1.29 is 14.3 Å². The van der Waals surface area contributed by atoms with Gasteiger partial charge < -0.3 is 14.5 Å². The topological polar surface area (TPSA) is 49.9 Å². The molecule has 1 aliphatic rings. The summed E-state index contributed by atoms with van der Waals surface area (Å²) < 4.78 is 5.61. The number of aryl methyl sites for hydroxylation is 1. The Balaban J connectivity index is 2.07. The molecular weight excluding hydrogens is 352 g/mol. The van der Waals surface area contributed by atoms with Crippen molar-refractivity contribution in [3.63, 3.8) is 0 Å². The van der Waals surface area contributed by atoms with E-state index in [4.69, 9.17) is 4.74 Å². The number of amides is 1. The molecule has 0 spiro atoms. The van der Waals surface area contributed by atoms with Crippen LogP contribution in [0.15, 0.2) is 48.5 Å². The smallest absolute Gasteiger partial charge is 0.303 e. The standard InChI is InChI=1S/C23H28N2O3/c1-16-9-11-18(12-10-16)20-15-19-7-5-6-8-21(19)25(14-13-24(3)4)23(27)22(20)28-17(2)26/h5-12,20,22H,13-15H2,1-4H3. The number of benzene rings is 2. The fourth-order valence-corrected chi connectivity index (χ4v) is 3.68. The monoisotopic (exact) mass is 380 g/mol. The molecule has 0 aromatic heterocycles. The Hall–Kier alpha value is -2.66. The van der Waals surface area contributed by atoms with Gasteiger partial charge in [0.25, 0.3) is 5.91 Å². The third kappa shape index (κ3) is 4.42. The molecule has 28 heavy (non-hydrogen) atoms. The Kier molecular flexibility index (Phi) is 6.15. The molecule has 3 rings (SSSR count). The molecule has 0 N–H and O–H groups in total. The second-order valence-corrected chi connectivity index (χ2v) is 7.67. The van der Waals surface area contributed by atoms with Crippen molar-refractivity contribution in [1.82, 2.24) is 4.90 Å². The number of rotatable bonds is 5. The molecule has 0 bridgehead atoms. The Morgan fingerprint density at radius 2 is 1.82 bits per heavy atom. The number of likely N-dealkylation sites (N-methyl/N-ethyl adjacent to an activating group) is 1. The van der Waals surface area contributed by atoms with Gasteiger partial charge in [0.15, 0.2) is 6.10 Å². The van der Waals surface area contributed by atoms with Crippen LogP contribution in [0, 0.1) is 6.92 Å². The number of hydrogen-bond donors (Lipinski definition) is 0. The summed E-state index contributed by atoms with van der Waals surface area (Å²) in [5.74, 6) is -0.816. The van der Waals surface area contributed by atoms with Gasteiger partial charge in [0.2, 0.25) is 0 Å². The quantitative estimate of drug-likeness (QED) is 0.748. The Labute approximate surface area is 166 Å². The second kappa shape index (κ2) is 8.57. The third-order valence-corrected chi connectivity index (χ3v) is 5.17. The molecule has 0 saturated carbocycles. The van der Waals surface area contributed by atoms with Crippen LogP contribution in [0.2, 0.25) is 0 Å². The number of anilines is 1. The lowest BCUT2D eigenvalue weighted by Gasteiger charge is -2.29. The first kappa shape index (κ1) is 20.1. The maximum atomic E-state index is 13.5. The first-order valence-electron chi connectivity index (χ1n) is 9.64. The molecule has 0 aliphatic carbocycles.